The molecule has 7 heteroatoms. The molecular formula is C2H8LiN3O3. The largest absolute Gasteiger partial charge is 1.00 e. The van der Waals surface area contributed by atoms with E-state index in [1.165, 1.54) is 0 Å². The van der Waals surface area contributed by atoms with Crippen molar-refractivity contribution in [2.45, 2.75) is 0 Å². The quantitative estimate of drug-likeness (QED) is 0.211. The molecule has 0 saturated carbocycles. The molecule has 0 bridgehead atoms. The van der Waals surface area contributed by atoms with E-state index < -0.39 is 5.09 Å². The van der Waals surface area contributed by atoms with E-state index in [2.05, 4.69) is 0 Å². The van der Waals surface area contributed by atoms with Gasteiger partial charge in [-0.15, -0.1) is 0 Å². The van der Waals surface area contributed by atoms with Crippen molar-refractivity contribution in [1.82, 2.24) is 0 Å². The Kier molecular flexibility index (Phi) is 27.6. The molecule has 0 aliphatic heterocycles. The summed E-state index contributed by atoms with van der Waals surface area (Å²) in [6, 6.07) is 0. The van der Waals surface area contributed by atoms with Crippen LogP contribution in [0, 0.1) is 15.3 Å². The molecule has 9 heavy (non-hydrogen) atoms. The summed E-state index contributed by atoms with van der Waals surface area (Å²) in [7, 11) is 0. The van der Waals surface area contributed by atoms with Crippen LogP contribution in [-0.4, -0.2) is 18.2 Å². The monoisotopic (exact) mass is 129 g/mol. The van der Waals surface area contributed by atoms with Crippen LogP contribution in [0.5, 0.6) is 0 Å². The molecule has 0 radical (unpaired) electrons. The Morgan fingerprint density at radius 2 is 1.33 bits per heavy atom. The third-order valence-electron chi connectivity index (χ3n) is 0.167. The van der Waals surface area contributed by atoms with Gasteiger partial charge in [0.1, 0.15) is 0 Å². The average Bonchev–Trinajstić information content (AvgIpc) is 1.65. The third kappa shape index (κ3) is 490. The van der Waals surface area contributed by atoms with Gasteiger partial charge in [-0.3, -0.25) is 0 Å². The molecule has 0 aromatic heterocycles. The summed E-state index contributed by atoms with van der Waals surface area (Å²) in [5, 5.41) is 14.8. The van der Waals surface area contributed by atoms with Gasteiger partial charge in [-0.2, -0.15) is 0 Å². The predicted molar refractivity (Wildman–Crippen MR) is 28.5 cm³/mol. The molecule has 50 valence electrons. The Hall–Kier alpha value is -0.283. The second kappa shape index (κ2) is 15.6. The molecule has 0 aromatic rings. The fraction of sp³-hybridized carbons (Fsp3) is 1.00. The first kappa shape index (κ1) is 15.9. The SMILES string of the molecule is NCCN.O=[N+]([O-])[O-].[Li+]. The minimum Gasteiger partial charge on any atom is -0.356 e. The van der Waals surface area contributed by atoms with Crippen molar-refractivity contribution in [1.29, 1.82) is 0 Å². The number of nitrogens with zero attached hydrogens (tertiary/aromatic N) is 1. The minimum atomic E-state index is -1.75. The Morgan fingerprint density at radius 3 is 1.33 bits per heavy atom. The van der Waals surface area contributed by atoms with E-state index in [1.54, 1.807) is 0 Å². The number of nitrogens with two attached hydrogens (primary N) is 2. The van der Waals surface area contributed by atoms with Gasteiger partial charge < -0.3 is 26.8 Å². The summed E-state index contributed by atoms with van der Waals surface area (Å²) in [5.41, 5.74) is 9.81. The van der Waals surface area contributed by atoms with Crippen LogP contribution in [0.15, 0.2) is 0 Å². The van der Waals surface area contributed by atoms with Crippen LogP contribution in [-0.2, 0) is 0 Å². The van der Waals surface area contributed by atoms with Crippen molar-refractivity contribution < 1.29 is 23.9 Å². The zero-order valence-electron chi connectivity index (χ0n) is 5.24. The number of hydrogen-bond acceptors (Lipinski definition) is 5. The molecule has 0 aliphatic rings. The Morgan fingerprint density at radius 1 is 1.22 bits per heavy atom. The van der Waals surface area contributed by atoms with Gasteiger partial charge in [0, 0.05) is 13.1 Å². The second-order valence-corrected chi connectivity index (χ2v) is 0.801. The van der Waals surface area contributed by atoms with Gasteiger partial charge in [0.25, 0.3) is 0 Å². The van der Waals surface area contributed by atoms with Crippen molar-refractivity contribution >= 4 is 0 Å². The van der Waals surface area contributed by atoms with Gasteiger partial charge in [-0.1, -0.05) is 0 Å². The first-order valence-corrected chi connectivity index (χ1v) is 1.86. The predicted octanol–water partition coefficient (Wildman–Crippen LogP) is -4.33. The third-order valence-corrected chi connectivity index (χ3v) is 0.167. The molecule has 0 amide bonds. The maximum atomic E-state index is 8.25. The Bertz CT molecular complexity index is 55.0. The van der Waals surface area contributed by atoms with Gasteiger partial charge in [0.2, 0.25) is 0 Å². The first-order chi connectivity index (χ1) is 3.65. The summed E-state index contributed by atoms with van der Waals surface area (Å²) in [4.78, 5) is 8.25. The Labute approximate surface area is 64.5 Å². The minimum absolute atomic E-state index is 0. The van der Waals surface area contributed by atoms with Crippen LogP contribution < -0.4 is 30.3 Å². The fourth-order valence-electron chi connectivity index (χ4n) is 0. The molecule has 0 fully saturated rings. The van der Waals surface area contributed by atoms with Gasteiger partial charge in [0.05, 0.1) is 5.09 Å². The molecule has 0 unspecified atom stereocenters. The molecule has 0 aromatic carbocycles. The van der Waals surface area contributed by atoms with E-state index >= 15 is 0 Å². The number of rotatable bonds is 1. The Balaban J connectivity index is -0.0000000720. The van der Waals surface area contributed by atoms with Crippen molar-refractivity contribution in [2.24, 2.45) is 11.5 Å². The topological polar surface area (TPSA) is 118 Å². The van der Waals surface area contributed by atoms with Crippen LogP contribution in [0.4, 0.5) is 0 Å². The van der Waals surface area contributed by atoms with E-state index in [1.807, 2.05) is 0 Å². The summed E-state index contributed by atoms with van der Waals surface area (Å²) in [6.07, 6.45) is 0. The molecule has 0 rings (SSSR count). The number of hydrogen-bond donors (Lipinski definition) is 2. The van der Waals surface area contributed by atoms with Gasteiger partial charge >= 0.3 is 18.9 Å². The normalized spacial score (nSPS) is 6.00. The van der Waals surface area contributed by atoms with Gasteiger partial charge in [-0.25, -0.2) is 0 Å². The van der Waals surface area contributed by atoms with Crippen LogP contribution in [0.1, 0.15) is 0 Å². The summed E-state index contributed by atoms with van der Waals surface area (Å²) in [6.45, 7) is 1.19. The zero-order chi connectivity index (χ0) is 6.99. The molecule has 0 atom stereocenters. The van der Waals surface area contributed by atoms with Crippen LogP contribution >= 0.6 is 0 Å². The van der Waals surface area contributed by atoms with Crippen LogP contribution in [0.25, 0.3) is 0 Å². The summed E-state index contributed by atoms with van der Waals surface area (Å²) >= 11 is 0. The maximum Gasteiger partial charge on any atom is 1.00 e. The molecular weight excluding hydrogens is 121 g/mol. The molecule has 0 saturated heterocycles. The van der Waals surface area contributed by atoms with Gasteiger partial charge in [-0.05, 0) is 0 Å². The standard InChI is InChI=1S/C2H8N2.Li.NO3/c3-1-2-4;;2-1(3)4/h1-4H2;;/q;+1;-1. The maximum absolute atomic E-state index is 8.25. The van der Waals surface area contributed by atoms with Crippen molar-refractivity contribution in [3.8, 4) is 0 Å². The first-order valence-electron chi connectivity index (χ1n) is 1.86. The van der Waals surface area contributed by atoms with E-state index in [0.29, 0.717) is 13.1 Å². The van der Waals surface area contributed by atoms with E-state index in [4.69, 9.17) is 26.8 Å². The van der Waals surface area contributed by atoms with Gasteiger partial charge in [0.15, 0.2) is 0 Å². The van der Waals surface area contributed by atoms with E-state index in [-0.39, 0.29) is 18.9 Å². The van der Waals surface area contributed by atoms with Crippen LogP contribution in [0.2, 0.25) is 0 Å². The van der Waals surface area contributed by atoms with Crippen molar-refractivity contribution in [2.75, 3.05) is 13.1 Å². The van der Waals surface area contributed by atoms with Crippen molar-refractivity contribution in [3.63, 3.8) is 0 Å². The van der Waals surface area contributed by atoms with E-state index in [0.717, 1.165) is 0 Å². The smallest absolute Gasteiger partial charge is 0.356 e. The summed E-state index contributed by atoms with van der Waals surface area (Å²) < 4.78 is 0. The average molecular weight is 129 g/mol. The molecule has 0 heterocycles. The summed E-state index contributed by atoms with van der Waals surface area (Å²) in [5.74, 6) is 0. The van der Waals surface area contributed by atoms with E-state index in [9.17, 15) is 0 Å². The van der Waals surface area contributed by atoms with Crippen LogP contribution in [0.3, 0.4) is 0 Å². The molecule has 0 aliphatic carbocycles. The fourth-order valence-corrected chi connectivity index (χ4v) is 0. The molecule has 6 nitrogen and oxygen atoms in total. The second-order valence-electron chi connectivity index (χ2n) is 0.801. The molecule has 4 N–H and O–H groups in total. The van der Waals surface area contributed by atoms with Crippen molar-refractivity contribution in [3.05, 3.63) is 15.3 Å². The zero-order valence-corrected chi connectivity index (χ0v) is 5.24. The molecule has 0 spiro atoms.